The van der Waals surface area contributed by atoms with E-state index < -0.39 is 17.6 Å². The largest absolute Gasteiger partial charge is 0.474 e. The zero-order chi connectivity index (χ0) is 35.1. The molecule has 8 rings (SSSR count). The summed E-state index contributed by atoms with van der Waals surface area (Å²) in [5, 5.41) is 14.0. The molecule has 1 atom stereocenters. The van der Waals surface area contributed by atoms with E-state index in [1.165, 1.54) is 11.3 Å². The number of aryl methyl sites for hydroxylation is 1. The van der Waals surface area contributed by atoms with Crippen LogP contribution in [-0.4, -0.2) is 85.5 Å². The van der Waals surface area contributed by atoms with Gasteiger partial charge in [0, 0.05) is 107 Å². The van der Waals surface area contributed by atoms with Crippen molar-refractivity contribution in [3.63, 3.8) is 0 Å². The molecule has 12 heteroatoms. The number of imide groups is 1. The number of fused-ring (bicyclic) bond motifs is 1. The van der Waals surface area contributed by atoms with Gasteiger partial charge in [-0.1, -0.05) is 24.3 Å². The number of anilines is 1. The number of amides is 3. The molecule has 264 valence electrons. The summed E-state index contributed by atoms with van der Waals surface area (Å²) in [5.41, 5.74) is 4.64. The average molecular weight is 690 g/mol. The van der Waals surface area contributed by atoms with Gasteiger partial charge in [-0.3, -0.25) is 24.6 Å². The van der Waals surface area contributed by atoms with Crippen molar-refractivity contribution in [3.05, 3.63) is 95.4 Å². The highest BCUT2D eigenvalue weighted by Crippen LogP contribution is 2.37. The number of pyridine rings is 1. The van der Waals surface area contributed by atoms with E-state index in [1.54, 1.807) is 17.2 Å². The first kappa shape index (κ1) is 33.1. The maximum absolute atomic E-state index is 13.1. The van der Waals surface area contributed by atoms with Gasteiger partial charge < -0.3 is 24.2 Å². The maximum atomic E-state index is 13.1. The summed E-state index contributed by atoms with van der Waals surface area (Å²) in [6, 6.07) is 17.7. The minimum absolute atomic E-state index is 0.136. The second-order valence-corrected chi connectivity index (χ2v) is 14.3. The van der Waals surface area contributed by atoms with Gasteiger partial charge in [0.15, 0.2) is 0 Å². The van der Waals surface area contributed by atoms with Crippen LogP contribution in [-0.2, 0) is 35.3 Å². The molecule has 4 aliphatic heterocycles. The number of carbonyl (C=O) groups is 3. The third kappa shape index (κ3) is 6.73. The molecule has 0 aliphatic carbocycles. The topological polar surface area (TPSA) is 133 Å². The standard InChI is InChI=1S/C39H43N7O5/c1-43-21-16-40-36(43)27-4-11-35(41-23-27)51-31-12-17-45(18-13-31)30-6-2-26(3-7-30)24-44-19-14-39(50,15-20-44)29-5-8-32-28(22-29)25-46(38(32)49)33-9-10-34(47)42-37(33)48/h2-8,11,16,21-23,31,33,50H,9-10,12-15,17-20,24-25H2,1H3,(H,42,47,48). The minimum atomic E-state index is -0.977. The Bertz CT molecular complexity index is 1930. The van der Waals surface area contributed by atoms with Crippen molar-refractivity contribution in [2.45, 2.75) is 69.4 Å². The van der Waals surface area contributed by atoms with Gasteiger partial charge >= 0.3 is 0 Å². The molecule has 3 amide bonds. The second-order valence-electron chi connectivity index (χ2n) is 14.3. The lowest BCUT2D eigenvalue weighted by atomic mass is 9.83. The van der Waals surface area contributed by atoms with Crippen LogP contribution < -0.4 is 15.0 Å². The van der Waals surface area contributed by atoms with Crippen LogP contribution in [0.1, 0.15) is 65.6 Å². The SMILES string of the molecule is Cn1ccnc1-c1ccc(OC2CCN(c3ccc(CN4CCC(O)(c5ccc6c(c5)CN(C5CCC(=O)NC5=O)C6=O)CC4)cc3)CC2)nc1. The number of nitrogens with one attached hydrogen (secondary N) is 1. The summed E-state index contributed by atoms with van der Waals surface area (Å²) in [5.74, 6) is 0.608. The van der Waals surface area contributed by atoms with E-state index in [-0.39, 0.29) is 24.3 Å². The molecule has 0 radical (unpaired) electrons. The lowest BCUT2D eigenvalue weighted by Gasteiger charge is -2.39. The number of likely N-dealkylation sites (tertiary alicyclic amines) is 1. The minimum Gasteiger partial charge on any atom is -0.474 e. The molecule has 2 N–H and O–H groups in total. The van der Waals surface area contributed by atoms with Crippen molar-refractivity contribution in [3.8, 4) is 17.3 Å². The first-order chi connectivity index (χ1) is 24.7. The van der Waals surface area contributed by atoms with E-state index >= 15 is 0 Å². The van der Waals surface area contributed by atoms with Crippen molar-refractivity contribution in [2.24, 2.45) is 7.05 Å². The van der Waals surface area contributed by atoms with Crippen LogP contribution in [0.25, 0.3) is 11.4 Å². The molecule has 1 unspecified atom stereocenters. The van der Waals surface area contributed by atoms with Crippen LogP contribution in [0, 0.1) is 0 Å². The number of carbonyl (C=O) groups excluding carboxylic acids is 3. The highest BCUT2D eigenvalue weighted by Gasteiger charge is 2.41. The van der Waals surface area contributed by atoms with E-state index in [9.17, 15) is 19.5 Å². The van der Waals surface area contributed by atoms with Crippen LogP contribution in [0.15, 0.2) is 73.2 Å². The van der Waals surface area contributed by atoms with Crippen molar-refractivity contribution >= 4 is 23.4 Å². The van der Waals surface area contributed by atoms with Crippen LogP contribution >= 0.6 is 0 Å². The smallest absolute Gasteiger partial charge is 0.255 e. The lowest BCUT2D eigenvalue weighted by Crippen LogP contribution is -2.52. The zero-order valence-corrected chi connectivity index (χ0v) is 28.8. The molecule has 3 fully saturated rings. The van der Waals surface area contributed by atoms with Crippen molar-refractivity contribution in [1.29, 1.82) is 0 Å². The average Bonchev–Trinajstić information content (AvgIpc) is 3.72. The van der Waals surface area contributed by atoms with Gasteiger partial charge in [0.05, 0.1) is 5.60 Å². The number of hydrogen-bond acceptors (Lipinski definition) is 9. The molecule has 0 saturated carbocycles. The first-order valence-corrected chi connectivity index (χ1v) is 17.9. The van der Waals surface area contributed by atoms with E-state index in [2.05, 4.69) is 49.4 Å². The number of aliphatic hydroxyl groups is 1. The Labute approximate surface area is 297 Å². The van der Waals surface area contributed by atoms with E-state index in [1.807, 2.05) is 48.3 Å². The number of benzene rings is 2. The van der Waals surface area contributed by atoms with Gasteiger partial charge in [-0.15, -0.1) is 0 Å². The number of rotatable bonds is 8. The summed E-state index contributed by atoms with van der Waals surface area (Å²) in [6.45, 7) is 4.48. The summed E-state index contributed by atoms with van der Waals surface area (Å²) in [7, 11) is 1.97. The molecule has 3 saturated heterocycles. The number of piperidine rings is 3. The van der Waals surface area contributed by atoms with E-state index in [0.717, 1.165) is 68.1 Å². The Morgan fingerprint density at radius 3 is 2.41 bits per heavy atom. The second kappa shape index (κ2) is 13.6. The lowest BCUT2D eigenvalue weighted by molar-refractivity contribution is -0.136. The van der Waals surface area contributed by atoms with E-state index in [0.29, 0.717) is 37.3 Å². The molecule has 0 spiro atoms. The van der Waals surface area contributed by atoms with Crippen molar-refractivity contribution in [1.82, 2.24) is 29.7 Å². The molecule has 2 aromatic heterocycles. The van der Waals surface area contributed by atoms with Gasteiger partial charge in [0.25, 0.3) is 5.91 Å². The van der Waals surface area contributed by atoms with Gasteiger partial charge in [0.2, 0.25) is 17.7 Å². The fourth-order valence-corrected chi connectivity index (χ4v) is 7.93. The first-order valence-electron chi connectivity index (χ1n) is 17.9. The number of ether oxygens (including phenoxy) is 1. The van der Waals surface area contributed by atoms with Crippen LogP contribution in [0.3, 0.4) is 0 Å². The fraction of sp³-hybridized carbons (Fsp3) is 0.410. The molecule has 2 aromatic carbocycles. The molecule has 4 aromatic rings. The Morgan fingerprint density at radius 1 is 0.941 bits per heavy atom. The number of hydrogen-bond donors (Lipinski definition) is 2. The normalized spacial score (nSPS) is 21.1. The summed E-state index contributed by atoms with van der Waals surface area (Å²) >= 11 is 0. The van der Waals surface area contributed by atoms with E-state index in [4.69, 9.17) is 4.74 Å². The Kier molecular flexibility index (Phi) is 8.81. The summed E-state index contributed by atoms with van der Waals surface area (Å²) in [6.07, 6.45) is 9.25. The molecule has 0 bridgehead atoms. The van der Waals surface area contributed by atoms with Gasteiger partial charge in [-0.05, 0) is 60.2 Å². The van der Waals surface area contributed by atoms with Crippen LogP contribution in [0.5, 0.6) is 5.88 Å². The monoisotopic (exact) mass is 689 g/mol. The maximum Gasteiger partial charge on any atom is 0.255 e. The summed E-state index contributed by atoms with van der Waals surface area (Å²) < 4.78 is 8.19. The number of imidazole rings is 1. The number of nitrogens with zero attached hydrogens (tertiary/aromatic N) is 6. The Balaban J connectivity index is 0.807. The third-order valence-electron chi connectivity index (χ3n) is 11.0. The highest BCUT2D eigenvalue weighted by molar-refractivity contribution is 6.05. The van der Waals surface area contributed by atoms with Crippen LogP contribution in [0.4, 0.5) is 5.69 Å². The zero-order valence-electron chi connectivity index (χ0n) is 28.8. The van der Waals surface area contributed by atoms with Crippen molar-refractivity contribution < 1.29 is 24.2 Å². The highest BCUT2D eigenvalue weighted by atomic mass is 16.5. The van der Waals surface area contributed by atoms with Gasteiger partial charge in [-0.25, -0.2) is 9.97 Å². The van der Waals surface area contributed by atoms with Gasteiger partial charge in [-0.2, -0.15) is 0 Å². The molecular formula is C39H43N7O5. The molecule has 4 aliphatic rings. The van der Waals surface area contributed by atoms with Crippen molar-refractivity contribution in [2.75, 3.05) is 31.1 Å². The third-order valence-corrected chi connectivity index (χ3v) is 11.0. The molecule has 12 nitrogen and oxygen atoms in total. The molecule has 51 heavy (non-hydrogen) atoms. The Hall–Kier alpha value is -5.07. The Morgan fingerprint density at radius 2 is 1.73 bits per heavy atom. The van der Waals surface area contributed by atoms with Gasteiger partial charge in [0.1, 0.15) is 18.0 Å². The predicted octanol–water partition coefficient (Wildman–Crippen LogP) is 3.77. The van der Waals surface area contributed by atoms with Crippen LogP contribution in [0.2, 0.25) is 0 Å². The quantitative estimate of drug-likeness (QED) is 0.266. The number of aromatic nitrogens is 3. The molecule has 6 heterocycles. The summed E-state index contributed by atoms with van der Waals surface area (Å²) in [4.78, 5) is 52.4. The fourth-order valence-electron chi connectivity index (χ4n) is 7.93. The predicted molar refractivity (Wildman–Crippen MR) is 190 cm³/mol. The molecular weight excluding hydrogens is 646 g/mol.